The third-order valence-electron chi connectivity index (χ3n) is 2.35. The van der Waals surface area contributed by atoms with Gasteiger partial charge in [-0.15, -0.1) is 0 Å². The van der Waals surface area contributed by atoms with Crippen molar-refractivity contribution in [3.63, 3.8) is 0 Å². The van der Waals surface area contributed by atoms with Crippen LogP contribution in [0.15, 0.2) is 0 Å². The lowest BCUT2D eigenvalue weighted by Gasteiger charge is -2.31. The van der Waals surface area contributed by atoms with Gasteiger partial charge in [0, 0.05) is 12.6 Å². The third kappa shape index (κ3) is 2.91. The Morgan fingerprint density at radius 3 is 2.38 bits per heavy atom. The second-order valence-corrected chi connectivity index (χ2v) is 4.73. The van der Waals surface area contributed by atoms with Crippen molar-refractivity contribution in [3.8, 4) is 0 Å². The monoisotopic (exact) mass is 207 g/mol. The van der Waals surface area contributed by atoms with Gasteiger partial charge in [-0.1, -0.05) is 6.92 Å². The number of hydrogen-bond acceptors (Lipinski definition) is 3. The van der Waals surface area contributed by atoms with Crippen molar-refractivity contribution < 1.29 is 8.42 Å². The average molecular weight is 207 g/mol. The Kier molecular flexibility index (Phi) is 3.66. The van der Waals surface area contributed by atoms with Gasteiger partial charge in [-0.2, -0.15) is 12.7 Å². The number of nitrogens with two attached hydrogens (primary N) is 1. The largest absolute Gasteiger partial charge is 0.317 e. The molecule has 1 aliphatic heterocycles. The topological polar surface area (TPSA) is 75.4 Å². The van der Waals surface area contributed by atoms with Crippen LogP contribution >= 0.6 is 0 Å². The molecule has 0 aliphatic carbocycles. The fraction of sp³-hybridized carbons (Fsp3) is 1.00. The summed E-state index contributed by atoms with van der Waals surface area (Å²) >= 11 is 0. The zero-order chi connectivity index (χ0) is 9.90. The highest BCUT2D eigenvalue weighted by molar-refractivity contribution is 7.86. The fourth-order valence-electron chi connectivity index (χ4n) is 1.74. The number of piperidine rings is 1. The van der Waals surface area contributed by atoms with Gasteiger partial charge in [-0.25, -0.2) is 5.14 Å². The number of rotatable bonds is 3. The molecule has 0 radical (unpaired) electrons. The maximum atomic E-state index is 11.1. The van der Waals surface area contributed by atoms with Crippen molar-refractivity contribution >= 4 is 10.2 Å². The molecule has 78 valence electrons. The normalized spacial score (nSPS) is 20.8. The van der Waals surface area contributed by atoms with Gasteiger partial charge in [-0.3, -0.25) is 0 Å². The Labute approximate surface area is 79.5 Å². The number of nitrogens with one attached hydrogen (secondary N) is 1. The van der Waals surface area contributed by atoms with E-state index in [0.717, 1.165) is 25.9 Å². The van der Waals surface area contributed by atoms with E-state index in [1.165, 1.54) is 4.31 Å². The van der Waals surface area contributed by atoms with Crippen LogP contribution in [0.5, 0.6) is 0 Å². The van der Waals surface area contributed by atoms with E-state index in [-0.39, 0.29) is 6.04 Å². The van der Waals surface area contributed by atoms with Crippen molar-refractivity contribution in [3.05, 3.63) is 0 Å². The van der Waals surface area contributed by atoms with E-state index in [0.29, 0.717) is 6.54 Å². The summed E-state index contributed by atoms with van der Waals surface area (Å²) in [6.07, 6.45) is 1.70. The molecule has 0 spiro atoms. The molecule has 0 aromatic rings. The predicted octanol–water partition coefficient (Wildman–Crippen LogP) is -0.736. The first-order valence-corrected chi connectivity index (χ1v) is 6.06. The lowest BCUT2D eigenvalue weighted by atomic mass is 10.1. The van der Waals surface area contributed by atoms with Crippen molar-refractivity contribution in [1.29, 1.82) is 0 Å². The van der Waals surface area contributed by atoms with E-state index in [9.17, 15) is 8.42 Å². The fourth-order valence-corrected chi connectivity index (χ4v) is 2.73. The van der Waals surface area contributed by atoms with Gasteiger partial charge in [0.1, 0.15) is 0 Å². The minimum Gasteiger partial charge on any atom is -0.317 e. The van der Waals surface area contributed by atoms with Crippen LogP contribution in [0.4, 0.5) is 0 Å². The summed E-state index contributed by atoms with van der Waals surface area (Å²) in [4.78, 5) is 0. The predicted molar refractivity (Wildman–Crippen MR) is 51.4 cm³/mol. The number of nitrogens with zero attached hydrogens (tertiary/aromatic N) is 1. The molecule has 1 heterocycles. The van der Waals surface area contributed by atoms with E-state index >= 15 is 0 Å². The summed E-state index contributed by atoms with van der Waals surface area (Å²) in [6, 6.07) is 0.0845. The molecule has 1 aliphatic rings. The highest BCUT2D eigenvalue weighted by Crippen LogP contribution is 2.13. The molecule has 6 heteroatoms. The van der Waals surface area contributed by atoms with Crippen LogP contribution in [-0.2, 0) is 10.2 Å². The van der Waals surface area contributed by atoms with Crippen LogP contribution in [0.2, 0.25) is 0 Å². The quantitative estimate of drug-likeness (QED) is 0.640. The highest BCUT2D eigenvalue weighted by atomic mass is 32.2. The molecule has 5 nitrogen and oxygen atoms in total. The molecular weight excluding hydrogens is 190 g/mol. The second-order valence-electron chi connectivity index (χ2n) is 3.23. The molecule has 0 unspecified atom stereocenters. The van der Waals surface area contributed by atoms with E-state index < -0.39 is 10.2 Å². The van der Waals surface area contributed by atoms with E-state index in [1.54, 1.807) is 0 Å². The molecule has 0 saturated carbocycles. The van der Waals surface area contributed by atoms with Crippen molar-refractivity contribution in [1.82, 2.24) is 9.62 Å². The van der Waals surface area contributed by atoms with Crippen LogP contribution in [0.25, 0.3) is 0 Å². The second kappa shape index (κ2) is 4.36. The van der Waals surface area contributed by atoms with E-state index in [1.807, 2.05) is 6.92 Å². The molecule has 0 aromatic carbocycles. The van der Waals surface area contributed by atoms with Gasteiger partial charge in [0.25, 0.3) is 10.2 Å². The molecule has 0 bridgehead atoms. The van der Waals surface area contributed by atoms with Gasteiger partial charge in [-0.05, 0) is 25.9 Å². The maximum Gasteiger partial charge on any atom is 0.277 e. The van der Waals surface area contributed by atoms with Crippen molar-refractivity contribution in [2.45, 2.75) is 25.8 Å². The van der Waals surface area contributed by atoms with Gasteiger partial charge >= 0.3 is 0 Å². The first-order valence-electron chi connectivity index (χ1n) is 4.56. The molecule has 0 atom stereocenters. The third-order valence-corrected chi connectivity index (χ3v) is 3.56. The zero-order valence-electron chi connectivity index (χ0n) is 7.86. The summed E-state index contributed by atoms with van der Waals surface area (Å²) in [5.41, 5.74) is 0. The van der Waals surface area contributed by atoms with Gasteiger partial charge in [0.15, 0.2) is 0 Å². The molecule has 0 aromatic heterocycles. The molecule has 1 saturated heterocycles. The van der Waals surface area contributed by atoms with Gasteiger partial charge in [0.2, 0.25) is 0 Å². The van der Waals surface area contributed by atoms with E-state index in [4.69, 9.17) is 5.14 Å². The Morgan fingerprint density at radius 1 is 1.46 bits per heavy atom. The smallest absolute Gasteiger partial charge is 0.277 e. The Balaban J connectivity index is 2.65. The van der Waals surface area contributed by atoms with Crippen LogP contribution in [0.3, 0.4) is 0 Å². The average Bonchev–Trinajstić information content (AvgIpc) is 2.05. The van der Waals surface area contributed by atoms with Crippen LogP contribution < -0.4 is 10.5 Å². The minimum absolute atomic E-state index is 0.0845. The van der Waals surface area contributed by atoms with Crippen molar-refractivity contribution in [2.75, 3.05) is 19.6 Å². The SMILES string of the molecule is CCN(C1CCNCC1)S(N)(=O)=O. The summed E-state index contributed by atoms with van der Waals surface area (Å²) in [6.45, 7) is 4.02. The highest BCUT2D eigenvalue weighted by Gasteiger charge is 2.26. The lowest BCUT2D eigenvalue weighted by Crippen LogP contribution is -2.48. The first-order chi connectivity index (χ1) is 6.05. The lowest BCUT2D eigenvalue weighted by molar-refractivity contribution is 0.271. The van der Waals surface area contributed by atoms with E-state index in [2.05, 4.69) is 5.32 Å². The molecule has 3 N–H and O–H groups in total. The molecule has 1 fully saturated rings. The molecule has 0 amide bonds. The van der Waals surface area contributed by atoms with Crippen LogP contribution in [-0.4, -0.2) is 38.4 Å². The molecule has 1 rings (SSSR count). The van der Waals surface area contributed by atoms with Crippen LogP contribution in [0.1, 0.15) is 19.8 Å². The van der Waals surface area contributed by atoms with Crippen LogP contribution in [0, 0.1) is 0 Å². The van der Waals surface area contributed by atoms with Gasteiger partial charge in [0.05, 0.1) is 0 Å². The summed E-state index contributed by atoms with van der Waals surface area (Å²) in [5, 5.41) is 8.28. The van der Waals surface area contributed by atoms with Gasteiger partial charge < -0.3 is 5.32 Å². The summed E-state index contributed by atoms with van der Waals surface area (Å²) in [7, 11) is -3.51. The summed E-state index contributed by atoms with van der Waals surface area (Å²) in [5.74, 6) is 0. The number of hydrogen-bond donors (Lipinski definition) is 2. The zero-order valence-corrected chi connectivity index (χ0v) is 8.68. The molecule has 13 heavy (non-hydrogen) atoms. The summed E-state index contributed by atoms with van der Waals surface area (Å²) < 4.78 is 23.7. The minimum atomic E-state index is -3.51. The Hall–Kier alpha value is -0.170. The Morgan fingerprint density at radius 2 is 2.00 bits per heavy atom. The standard InChI is InChI=1S/C7H17N3O2S/c1-2-10(13(8,11)12)7-3-5-9-6-4-7/h7,9H,2-6H2,1H3,(H2,8,11,12). The maximum absolute atomic E-state index is 11.1. The van der Waals surface area contributed by atoms with Crippen molar-refractivity contribution in [2.24, 2.45) is 5.14 Å². The molecular formula is C7H17N3O2S. The first kappa shape index (κ1) is 10.9. The Bertz CT molecular complexity index is 246.